The molecular formula is C21H20ClFN4. The zero-order valence-electron chi connectivity index (χ0n) is 14.8. The lowest BCUT2D eigenvalue weighted by Crippen LogP contribution is -2.40. The molecule has 4 rings (SSSR count). The molecule has 3 aromatic rings. The van der Waals surface area contributed by atoms with Gasteiger partial charge < -0.3 is 10.2 Å². The standard InChI is InChI=1S/C21H20ClFN4/c22-19-18(8-7-17(20(19)23)15-5-2-1-3-6-15)26-16-9-13-27(14-10-16)21-24-11-4-12-25-21/h1-8,11-12,16,26H,9-10,13-14H2. The van der Waals surface area contributed by atoms with Gasteiger partial charge in [0.1, 0.15) is 5.02 Å². The van der Waals surface area contributed by atoms with Crippen molar-refractivity contribution in [2.45, 2.75) is 18.9 Å². The number of piperidine rings is 1. The largest absolute Gasteiger partial charge is 0.381 e. The summed E-state index contributed by atoms with van der Waals surface area (Å²) in [6, 6.07) is 15.1. The molecule has 0 atom stereocenters. The topological polar surface area (TPSA) is 41.0 Å². The Kier molecular flexibility index (Phi) is 5.21. The SMILES string of the molecule is Fc1c(-c2ccccc2)ccc(NC2CCN(c3ncccn3)CC2)c1Cl. The second kappa shape index (κ2) is 7.92. The minimum Gasteiger partial charge on any atom is -0.381 e. The molecule has 4 nitrogen and oxygen atoms in total. The number of aromatic nitrogens is 2. The van der Waals surface area contributed by atoms with Crippen LogP contribution in [-0.4, -0.2) is 29.1 Å². The molecule has 0 saturated carbocycles. The van der Waals surface area contributed by atoms with E-state index in [1.54, 1.807) is 18.5 Å². The van der Waals surface area contributed by atoms with Crippen LogP contribution < -0.4 is 10.2 Å². The summed E-state index contributed by atoms with van der Waals surface area (Å²) in [6.45, 7) is 1.70. The van der Waals surface area contributed by atoms with Crippen molar-refractivity contribution in [3.63, 3.8) is 0 Å². The molecule has 0 bridgehead atoms. The van der Waals surface area contributed by atoms with Crippen molar-refractivity contribution in [2.24, 2.45) is 0 Å². The molecule has 0 amide bonds. The number of hydrogen-bond acceptors (Lipinski definition) is 4. The molecule has 138 valence electrons. The highest BCUT2D eigenvalue weighted by molar-refractivity contribution is 6.33. The Morgan fingerprint density at radius 2 is 1.67 bits per heavy atom. The number of anilines is 2. The van der Waals surface area contributed by atoms with Crippen LogP contribution in [0.25, 0.3) is 11.1 Å². The van der Waals surface area contributed by atoms with Crippen LogP contribution in [0.15, 0.2) is 60.9 Å². The highest BCUT2D eigenvalue weighted by Gasteiger charge is 2.22. The van der Waals surface area contributed by atoms with Gasteiger partial charge in [-0.25, -0.2) is 14.4 Å². The third kappa shape index (κ3) is 3.88. The fourth-order valence-corrected chi connectivity index (χ4v) is 3.62. The monoisotopic (exact) mass is 382 g/mol. The van der Waals surface area contributed by atoms with E-state index in [1.807, 2.05) is 42.5 Å². The maximum absolute atomic E-state index is 14.8. The Morgan fingerprint density at radius 3 is 2.37 bits per heavy atom. The first kappa shape index (κ1) is 17.7. The summed E-state index contributed by atoms with van der Waals surface area (Å²) in [5, 5.41) is 3.54. The lowest BCUT2D eigenvalue weighted by atomic mass is 10.0. The first-order chi connectivity index (χ1) is 13.2. The maximum Gasteiger partial charge on any atom is 0.225 e. The highest BCUT2D eigenvalue weighted by Crippen LogP contribution is 2.34. The van der Waals surface area contributed by atoms with Crippen molar-refractivity contribution in [2.75, 3.05) is 23.3 Å². The van der Waals surface area contributed by atoms with Gasteiger partial charge in [0, 0.05) is 37.1 Å². The van der Waals surface area contributed by atoms with E-state index in [0.29, 0.717) is 11.3 Å². The van der Waals surface area contributed by atoms with Gasteiger partial charge in [-0.1, -0.05) is 41.9 Å². The summed E-state index contributed by atoms with van der Waals surface area (Å²) in [6.07, 6.45) is 5.33. The summed E-state index contributed by atoms with van der Waals surface area (Å²) in [5.41, 5.74) is 1.98. The Morgan fingerprint density at radius 1 is 0.963 bits per heavy atom. The molecule has 1 aromatic heterocycles. The second-order valence-electron chi connectivity index (χ2n) is 6.61. The first-order valence-corrected chi connectivity index (χ1v) is 9.42. The predicted molar refractivity (Wildman–Crippen MR) is 108 cm³/mol. The molecule has 0 unspecified atom stereocenters. The van der Waals surface area contributed by atoms with Gasteiger partial charge in [-0.3, -0.25) is 0 Å². The van der Waals surface area contributed by atoms with Crippen LogP contribution in [0.5, 0.6) is 0 Å². The van der Waals surface area contributed by atoms with E-state index >= 15 is 0 Å². The van der Waals surface area contributed by atoms with Crippen LogP contribution in [0, 0.1) is 5.82 Å². The first-order valence-electron chi connectivity index (χ1n) is 9.04. The Balaban J connectivity index is 1.44. The van der Waals surface area contributed by atoms with Crippen molar-refractivity contribution in [1.82, 2.24) is 9.97 Å². The van der Waals surface area contributed by atoms with Gasteiger partial charge in [-0.05, 0) is 36.6 Å². The molecule has 0 aliphatic carbocycles. The van der Waals surface area contributed by atoms with Gasteiger partial charge in [0.25, 0.3) is 0 Å². The van der Waals surface area contributed by atoms with Gasteiger partial charge in [-0.2, -0.15) is 0 Å². The van der Waals surface area contributed by atoms with E-state index in [-0.39, 0.29) is 16.9 Å². The molecular weight excluding hydrogens is 363 g/mol. The third-order valence-corrected chi connectivity index (χ3v) is 5.23. The minimum atomic E-state index is -0.386. The smallest absolute Gasteiger partial charge is 0.225 e. The zero-order valence-corrected chi connectivity index (χ0v) is 15.5. The average Bonchev–Trinajstić information content (AvgIpc) is 2.73. The Labute approximate surface area is 163 Å². The molecule has 1 aliphatic rings. The van der Waals surface area contributed by atoms with Gasteiger partial charge in [0.05, 0.1) is 5.69 Å². The third-order valence-electron chi connectivity index (χ3n) is 4.86. The second-order valence-corrected chi connectivity index (χ2v) is 6.99. The quantitative estimate of drug-likeness (QED) is 0.688. The zero-order chi connectivity index (χ0) is 18.6. The molecule has 1 saturated heterocycles. The highest BCUT2D eigenvalue weighted by atomic mass is 35.5. The van der Waals surface area contributed by atoms with Crippen molar-refractivity contribution in [3.8, 4) is 11.1 Å². The fraction of sp³-hybridized carbons (Fsp3) is 0.238. The van der Waals surface area contributed by atoms with Gasteiger partial charge in [-0.15, -0.1) is 0 Å². The van der Waals surface area contributed by atoms with Crippen LogP contribution in [0.3, 0.4) is 0 Å². The Bertz CT molecular complexity index is 897. The van der Waals surface area contributed by atoms with Gasteiger partial charge in [0.15, 0.2) is 5.82 Å². The van der Waals surface area contributed by atoms with E-state index in [0.717, 1.165) is 37.4 Å². The molecule has 6 heteroatoms. The minimum absolute atomic E-state index is 0.144. The maximum atomic E-state index is 14.8. The van der Waals surface area contributed by atoms with Crippen molar-refractivity contribution < 1.29 is 4.39 Å². The van der Waals surface area contributed by atoms with Crippen LogP contribution in [-0.2, 0) is 0 Å². The van der Waals surface area contributed by atoms with E-state index < -0.39 is 0 Å². The van der Waals surface area contributed by atoms with Gasteiger partial charge >= 0.3 is 0 Å². The van der Waals surface area contributed by atoms with Gasteiger partial charge in [0.2, 0.25) is 5.95 Å². The van der Waals surface area contributed by atoms with E-state index in [9.17, 15) is 4.39 Å². The normalized spacial score (nSPS) is 15.0. The molecule has 0 spiro atoms. The Hall–Kier alpha value is -2.66. The molecule has 2 aromatic carbocycles. The number of nitrogens with zero attached hydrogens (tertiary/aromatic N) is 3. The molecule has 2 heterocycles. The molecule has 27 heavy (non-hydrogen) atoms. The number of nitrogens with one attached hydrogen (secondary N) is 1. The molecule has 1 fully saturated rings. The summed E-state index contributed by atoms with van der Waals surface area (Å²) >= 11 is 6.32. The van der Waals surface area contributed by atoms with Crippen LogP contribution in [0.2, 0.25) is 5.02 Å². The van der Waals surface area contributed by atoms with Crippen molar-refractivity contribution in [3.05, 3.63) is 71.8 Å². The summed E-state index contributed by atoms with van der Waals surface area (Å²) in [5.74, 6) is 0.371. The number of hydrogen-bond donors (Lipinski definition) is 1. The van der Waals surface area contributed by atoms with Crippen LogP contribution in [0.1, 0.15) is 12.8 Å². The van der Waals surface area contributed by atoms with Crippen molar-refractivity contribution in [1.29, 1.82) is 0 Å². The average molecular weight is 383 g/mol. The van der Waals surface area contributed by atoms with Crippen LogP contribution in [0.4, 0.5) is 16.0 Å². The molecule has 1 aliphatic heterocycles. The number of rotatable bonds is 4. The van der Waals surface area contributed by atoms with Crippen molar-refractivity contribution >= 4 is 23.2 Å². The summed E-state index contributed by atoms with van der Waals surface area (Å²) < 4.78 is 14.8. The lowest BCUT2D eigenvalue weighted by molar-refractivity contribution is 0.519. The summed E-state index contributed by atoms with van der Waals surface area (Å²) in [7, 11) is 0. The molecule has 0 radical (unpaired) electrons. The van der Waals surface area contributed by atoms with Crippen LogP contribution >= 0.6 is 11.6 Å². The number of benzene rings is 2. The molecule has 1 N–H and O–H groups in total. The van der Waals surface area contributed by atoms with E-state index in [4.69, 9.17) is 11.6 Å². The lowest BCUT2D eigenvalue weighted by Gasteiger charge is -2.33. The van der Waals surface area contributed by atoms with E-state index in [1.165, 1.54) is 0 Å². The summed E-state index contributed by atoms with van der Waals surface area (Å²) in [4.78, 5) is 10.8. The fourth-order valence-electron chi connectivity index (χ4n) is 3.40. The van der Waals surface area contributed by atoms with E-state index in [2.05, 4.69) is 20.2 Å². The predicted octanol–water partition coefficient (Wildman–Crippen LogP) is 5.02. The number of halogens is 2.